The minimum absolute atomic E-state index is 0.0303. The lowest BCUT2D eigenvalue weighted by atomic mass is 10.1. The number of piperazine rings is 1. The molecular formula is C24H27ClFN3O3S. The molecule has 0 bridgehead atoms. The second kappa shape index (κ2) is 9.44. The first kappa shape index (κ1) is 23.7. The van der Waals surface area contributed by atoms with Gasteiger partial charge in [-0.3, -0.25) is 4.79 Å². The van der Waals surface area contributed by atoms with Gasteiger partial charge in [-0.25, -0.2) is 12.8 Å². The van der Waals surface area contributed by atoms with Crippen LogP contribution in [0.1, 0.15) is 20.3 Å². The Bertz CT molecular complexity index is 1330. The molecule has 3 aromatic rings. The third-order valence-corrected chi connectivity index (χ3v) is 8.17. The lowest BCUT2D eigenvalue weighted by Crippen LogP contribution is -2.46. The first-order valence-corrected chi connectivity index (χ1v) is 13.0. The summed E-state index contributed by atoms with van der Waals surface area (Å²) in [5.74, 6) is -0.520. The molecule has 0 saturated carbocycles. The van der Waals surface area contributed by atoms with Crippen LogP contribution in [0.2, 0.25) is 5.02 Å². The Balaban J connectivity index is 1.86. The van der Waals surface area contributed by atoms with E-state index in [9.17, 15) is 13.2 Å². The number of hydrogen-bond acceptors (Lipinski definition) is 5. The number of benzene rings is 2. The van der Waals surface area contributed by atoms with Crippen molar-refractivity contribution in [3.8, 4) is 0 Å². The average molecular weight is 492 g/mol. The van der Waals surface area contributed by atoms with Crippen molar-refractivity contribution in [1.29, 1.82) is 0 Å². The molecule has 1 aromatic heterocycles. The van der Waals surface area contributed by atoms with Crippen molar-refractivity contribution in [1.82, 2.24) is 9.47 Å². The van der Waals surface area contributed by atoms with Crippen molar-refractivity contribution < 1.29 is 12.8 Å². The third-order valence-electron chi connectivity index (χ3n) is 6.15. The van der Waals surface area contributed by atoms with Crippen molar-refractivity contribution in [2.75, 3.05) is 37.6 Å². The number of fused-ring (bicyclic) bond motifs is 1. The van der Waals surface area contributed by atoms with Gasteiger partial charge in [-0.05, 0) is 49.4 Å². The van der Waals surface area contributed by atoms with Crippen LogP contribution in [0.4, 0.5) is 10.1 Å². The SMILES string of the molecule is CCCn1cc(S(=O)(=O)c2ccc(Cl)cc2)c(=O)c2cc(F)c(N3CCN(CC)CC3)cc21. The van der Waals surface area contributed by atoms with Crippen molar-refractivity contribution in [3.05, 3.63) is 63.7 Å². The molecule has 0 aliphatic carbocycles. The zero-order valence-electron chi connectivity index (χ0n) is 18.7. The molecule has 0 radical (unpaired) electrons. The Morgan fingerprint density at radius 3 is 2.30 bits per heavy atom. The van der Waals surface area contributed by atoms with E-state index < -0.39 is 21.1 Å². The van der Waals surface area contributed by atoms with E-state index in [1.807, 2.05) is 11.8 Å². The van der Waals surface area contributed by atoms with E-state index in [2.05, 4.69) is 11.8 Å². The third kappa shape index (κ3) is 4.52. The molecule has 1 saturated heterocycles. The van der Waals surface area contributed by atoms with Gasteiger partial charge in [0, 0.05) is 43.9 Å². The highest BCUT2D eigenvalue weighted by atomic mass is 35.5. The van der Waals surface area contributed by atoms with Crippen LogP contribution in [0, 0.1) is 5.82 Å². The fourth-order valence-electron chi connectivity index (χ4n) is 4.28. The van der Waals surface area contributed by atoms with Gasteiger partial charge >= 0.3 is 0 Å². The van der Waals surface area contributed by atoms with Crippen molar-refractivity contribution >= 4 is 38.0 Å². The van der Waals surface area contributed by atoms with Crippen molar-refractivity contribution in [3.63, 3.8) is 0 Å². The van der Waals surface area contributed by atoms with Gasteiger partial charge in [0.15, 0.2) is 0 Å². The summed E-state index contributed by atoms with van der Waals surface area (Å²) in [4.78, 5) is 17.2. The molecular weight excluding hydrogens is 465 g/mol. The van der Waals surface area contributed by atoms with Crippen LogP contribution in [-0.4, -0.2) is 50.6 Å². The maximum Gasteiger partial charge on any atom is 0.211 e. The van der Waals surface area contributed by atoms with Gasteiger partial charge in [0.25, 0.3) is 0 Å². The first-order chi connectivity index (χ1) is 15.8. The number of rotatable bonds is 6. The molecule has 1 fully saturated rings. The summed E-state index contributed by atoms with van der Waals surface area (Å²) >= 11 is 5.89. The maximum atomic E-state index is 15.2. The van der Waals surface area contributed by atoms with Crippen LogP contribution in [0.3, 0.4) is 0 Å². The van der Waals surface area contributed by atoms with Gasteiger partial charge in [-0.1, -0.05) is 25.4 Å². The summed E-state index contributed by atoms with van der Waals surface area (Å²) in [6.07, 6.45) is 2.11. The van der Waals surface area contributed by atoms with Gasteiger partial charge in [-0.2, -0.15) is 0 Å². The largest absolute Gasteiger partial charge is 0.367 e. The van der Waals surface area contributed by atoms with Gasteiger partial charge in [0.2, 0.25) is 15.3 Å². The van der Waals surface area contributed by atoms with Crippen LogP contribution in [0.15, 0.2) is 57.2 Å². The van der Waals surface area contributed by atoms with Crippen LogP contribution < -0.4 is 10.3 Å². The van der Waals surface area contributed by atoms with Gasteiger partial charge in [0.05, 0.1) is 21.5 Å². The van der Waals surface area contributed by atoms with Gasteiger partial charge in [-0.15, -0.1) is 0 Å². The van der Waals surface area contributed by atoms with Crippen LogP contribution in [-0.2, 0) is 16.4 Å². The van der Waals surface area contributed by atoms with Crippen molar-refractivity contribution in [2.45, 2.75) is 36.6 Å². The second-order valence-electron chi connectivity index (χ2n) is 8.22. The number of hydrogen-bond donors (Lipinski definition) is 0. The Kier molecular flexibility index (Phi) is 6.79. The molecule has 33 heavy (non-hydrogen) atoms. The maximum absolute atomic E-state index is 15.2. The zero-order valence-corrected chi connectivity index (χ0v) is 20.3. The normalized spacial score (nSPS) is 15.3. The zero-order chi connectivity index (χ0) is 23.8. The van der Waals surface area contributed by atoms with E-state index in [4.69, 9.17) is 11.6 Å². The summed E-state index contributed by atoms with van der Waals surface area (Å²) in [5.41, 5.74) is 0.274. The predicted molar refractivity (Wildman–Crippen MR) is 130 cm³/mol. The summed E-state index contributed by atoms with van der Waals surface area (Å²) in [5, 5.41) is 0.456. The molecule has 9 heteroatoms. The fourth-order valence-corrected chi connectivity index (χ4v) is 5.77. The molecule has 1 aliphatic heterocycles. The summed E-state index contributed by atoms with van der Waals surface area (Å²) in [7, 11) is -4.10. The highest BCUT2D eigenvalue weighted by Crippen LogP contribution is 2.28. The quantitative estimate of drug-likeness (QED) is 0.517. The molecule has 0 unspecified atom stereocenters. The topological polar surface area (TPSA) is 62.6 Å². The van der Waals surface area contributed by atoms with Crippen molar-refractivity contribution in [2.24, 2.45) is 0 Å². The van der Waals surface area contributed by atoms with Crippen LogP contribution >= 0.6 is 11.6 Å². The minimum Gasteiger partial charge on any atom is -0.367 e. The highest BCUT2D eigenvalue weighted by molar-refractivity contribution is 7.91. The molecule has 176 valence electrons. The van der Waals surface area contributed by atoms with E-state index in [0.29, 0.717) is 35.9 Å². The molecule has 2 heterocycles. The lowest BCUT2D eigenvalue weighted by Gasteiger charge is -2.35. The number of halogens is 2. The Morgan fingerprint density at radius 1 is 1.03 bits per heavy atom. The van der Waals surface area contributed by atoms with Crippen LogP contribution in [0.5, 0.6) is 0 Å². The van der Waals surface area contributed by atoms with Gasteiger partial charge < -0.3 is 14.4 Å². The van der Waals surface area contributed by atoms with Crippen LogP contribution in [0.25, 0.3) is 10.9 Å². The molecule has 6 nitrogen and oxygen atoms in total. The Hall–Kier alpha value is -2.42. The van der Waals surface area contributed by atoms with E-state index in [-0.39, 0.29) is 15.2 Å². The molecule has 0 atom stereocenters. The summed E-state index contributed by atoms with van der Waals surface area (Å²) < 4.78 is 43.5. The van der Waals surface area contributed by atoms with E-state index in [0.717, 1.165) is 26.1 Å². The molecule has 1 aliphatic rings. The second-order valence-corrected chi connectivity index (χ2v) is 10.6. The number of pyridine rings is 1. The Labute approximate surface area is 198 Å². The average Bonchev–Trinajstić information content (AvgIpc) is 2.81. The summed E-state index contributed by atoms with van der Waals surface area (Å²) in [6.45, 7) is 8.58. The molecule has 2 aromatic carbocycles. The fraction of sp³-hybridized carbons (Fsp3) is 0.375. The number of nitrogens with zero attached hydrogens (tertiary/aromatic N) is 3. The Morgan fingerprint density at radius 2 is 1.70 bits per heavy atom. The number of likely N-dealkylation sites (N-methyl/N-ethyl adjacent to an activating group) is 1. The van der Waals surface area contributed by atoms with E-state index in [1.54, 1.807) is 10.6 Å². The highest BCUT2D eigenvalue weighted by Gasteiger charge is 2.26. The van der Waals surface area contributed by atoms with E-state index >= 15 is 4.39 Å². The first-order valence-electron chi connectivity index (χ1n) is 11.1. The van der Waals surface area contributed by atoms with E-state index in [1.165, 1.54) is 36.5 Å². The summed E-state index contributed by atoms with van der Waals surface area (Å²) in [6, 6.07) is 8.53. The monoisotopic (exact) mass is 491 g/mol. The number of anilines is 1. The predicted octanol–water partition coefficient (Wildman–Crippen LogP) is 4.18. The smallest absolute Gasteiger partial charge is 0.211 e. The molecule has 0 amide bonds. The lowest BCUT2D eigenvalue weighted by molar-refractivity contribution is 0.270. The standard InChI is InChI=1S/C24H27ClFN3O3S/c1-3-9-29-16-23(33(31,32)18-7-5-17(25)6-8-18)24(30)19-14-20(26)22(15-21(19)29)28-12-10-27(4-2)11-13-28/h5-8,14-16H,3-4,9-13H2,1-2H3. The molecule has 0 spiro atoms. The minimum atomic E-state index is -4.10. The molecule has 0 N–H and O–H groups in total. The van der Waals surface area contributed by atoms with Gasteiger partial charge in [0.1, 0.15) is 10.7 Å². The molecule has 4 rings (SSSR count). The number of aromatic nitrogens is 1. The number of sulfone groups is 1. The number of aryl methyl sites for hydroxylation is 1.